The lowest BCUT2D eigenvalue weighted by Crippen LogP contribution is -2.24. The molecule has 2 heterocycles. The molecule has 0 radical (unpaired) electrons. The molecule has 1 N–H and O–H groups in total. The molecule has 0 bridgehead atoms. The van der Waals surface area contributed by atoms with E-state index in [0.717, 1.165) is 29.1 Å². The van der Waals surface area contributed by atoms with Crippen molar-refractivity contribution >= 4 is 38.8 Å². The molecule has 0 aliphatic rings. The number of ether oxygens (including phenoxy) is 2. The Morgan fingerprint density at radius 2 is 2.07 bits per heavy atom. The maximum absolute atomic E-state index is 12.5. The van der Waals surface area contributed by atoms with Gasteiger partial charge in [-0.3, -0.25) is 4.79 Å². The summed E-state index contributed by atoms with van der Waals surface area (Å²) in [5, 5.41) is 5.99. The molecule has 6 nitrogen and oxygen atoms in total. The van der Waals surface area contributed by atoms with Crippen LogP contribution in [-0.4, -0.2) is 29.5 Å². The Hall–Kier alpha value is -2.97. The van der Waals surface area contributed by atoms with E-state index >= 15 is 0 Å². The zero-order valence-electron chi connectivity index (χ0n) is 16.5. The molecule has 0 unspecified atom stereocenters. The summed E-state index contributed by atoms with van der Waals surface area (Å²) in [4.78, 5) is 21.3. The molecule has 2 aromatic heterocycles. The number of rotatable bonds is 9. The maximum atomic E-state index is 12.5. The van der Waals surface area contributed by atoms with Crippen molar-refractivity contribution in [3.8, 4) is 11.5 Å². The predicted octanol–water partition coefficient (Wildman–Crippen LogP) is 4.70. The van der Waals surface area contributed by atoms with Crippen molar-refractivity contribution in [3.63, 3.8) is 0 Å². The van der Waals surface area contributed by atoms with Gasteiger partial charge in [0.2, 0.25) is 0 Å². The van der Waals surface area contributed by atoms with Gasteiger partial charge in [0.25, 0.3) is 5.91 Å². The molecule has 1 amide bonds. The Bertz CT molecular complexity index is 1090. The molecule has 0 saturated carbocycles. The van der Waals surface area contributed by atoms with Crippen LogP contribution in [0.25, 0.3) is 10.2 Å². The zero-order valence-corrected chi connectivity index (χ0v) is 18.1. The summed E-state index contributed by atoms with van der Waals surface area (Å²) < 4.78 is 12.3. The topological polar surface area (TPSA) is 73.3 Å². The first kappa shape index (κ1) is 20.3. The van der Waals surface area contributed by atoms with Crippen molar-refractivity contribution in [2.45, 2.75) is 19.4 Å². The Morgan fingerprint density at radius 3 is 2.87 bits per heavy atom. The van der Waals surface area contributed by atoms with Gasteiger partial charge in [0.05, 0.1) is 33.5 Å². The number of fused-ring (bicyclic) bond motifs is 1. The van der Waals surface area contributed by atoms with Crippen LogP contribution in [0.2, 0.25) is 0 Å². The van der Waals surface area contributed by atoms with Gasteiger partial charge < -0.3 is 14.8 Å². The van der Waals surface area contributed by atoms with E-state index in [9.17, 15) is 4.79 Å². The molecule has 154 valence electrons. The van der Waals surface area contributed by atoms with E-state index in [4.69, 9.17) is 9.47 Å². The summed E-state index contributed by atoms with van der Waals surface area (Å²) in [6, 6.07) is 13.3. The van der Waals surface area contributed by atoms with Crippen molar-refractivity contribution < 1.29 is 14.3 Å². The summed E-state index contributed by atoms with van der Waals surface area (Å²) in [6.45, 7) is 0.941. The summed E-state index contributed by atoms with van der Waals surface area (Å²) in [6.07, 6.45) is 1.67. The van der Waals surface area contributed by atoms with Crippen LogP contribution >= 0.6 is 22.7 Å². The van der Waals surface area contributed by atoms with Crippen molar-refractivity contribution in [2.24, 2.45) is 0 Å². The van der Waals surface area contributed by atoms with Crippen LogP contribution in [0.3, 0.4) is 0 Å². The Labute approximate surface area is 182 Å². The molecule has 0 spiro atoms. The number of hydrogen-bond acceptors (Lipinski definition) is 7. The van der Waals surface area contributed by atoms with Crippen molar-refractivity contribution in [2.75, 3.05) is 13.7 Å². The molecule has 4 rings (SSSR count). The molecule has 0 aliphatic carbocycles. The van der Waals surface area contributed by atoms with E-state index in [1.807, 2.05) is 23.6 Å². The maximum Gasteiger partial charge on any atom is 0.251 e. The first-order chi connectivity index (χ1) is 14.7. The number of carbonyl (C=O) groups excluding carboxylic acids is 1. The molecule has 0 saturated heterocycles. The van der Waals surface area contributed by atoms with Gasteiger partial charge in [0.1, 0.15) is 6.61 Å². The van der Waals surface area contributed by atoms with Gasteiger partial charge >= 0.3 is 0 Å². The van der Waals surface area contributed by atoms with Crippen LogP contribution in [0.5, 0.6) is 11.5 Å². The number of amides is 1. The highest BCUT2D eigenvalue weighted by atomic mass is 32.1. The molecular formula is C22H21N3O3S2. The largest absolute Gasteiger partial charge is 0.493 e. The Morgan fingerprint density at radius 1 is 1.17 bits per heavy atom. The van der Waals surface area contributed by atoms with Gasteiger partial charge in [-0.15, -0.1) is 22.7 Å². The number of aromatic nitrogens is 2. The molecule has 0 atom stereocenters. The second-order valence-electron chi connectivity index (χ2n) is 6.57. The second kappa shape index (κ2) is 9.69. The number of benzene rings is 2. The van der Waals surface area contributed by atoms with Crippen LogP contribution in [-0.2, 0) is 13.0 Å². The summed E-state index contributed by atoms with van der Waals surface area (Å²) in [5.41, 5.74) is 4.19. The molecule has 2 aromatic carbocycles. The van der Waals surface area contributed by atoms with Gasteiger partial charge in [0, 0.05) is 23.9 Å². The van der Waals surface area contributed by atoms with E-state index in [2.05, 4.69) is 21.4 Å². The third-order valence-electron chi connectivity index (χ3n) is 4.48. The van der Waals surface area contributed by atoms with E-state index in [0.29, 0.717) is 30.2 Å². The van der Waals surface area contributed by atoms with Crippen LogP contribution in [0.4, 0.5) is 0 Å². The van der Waals surface area contributed by atoms with Crippen molar-refractivity contribution in [3.05, 3.63) is 69.6 Å². The number of methoxy groups -OCH3 is 1. The van der Waals surface area contributed by atoms with E-state index in [1.54, 1.807) is 42.2 Å². The summed E-state index contributed by atoms with van der Waals surface area (Å²) in [7, 11) is 1.56. The monoisotopic (exact) mass is 439 g/mol. The fourth-order valence-electron chi connectivity index (χ4n) is 2.96. The lowest BCUT2D eigenvalue weighted by Gasteiger charge is -2.11. The fraction of sp³-hybridized carbons (Fsp3) is 0.227. The molecule has 8 heteroatoms. The lowest BCUT2D eigenvalue weighted by atomic mass is 10.2. The standard InChI is InChI=1S/C22H21N3O3S2/c1-27-19-11-15(8-9-18(19)28-12-16-13-29-14-24-16)22(26)23-10-4-7-21-25-17-5-2-3-6-20(17)30-21/h2-3,5-6,8-9,11,13-14H,4,7,10,12H2,1H3,(H,23,26). The number of nitrogens with one attached hydrogen (secondary N) is 1. The van der Waals surface area contributed by atoms with Gasteiger partial charge in [-0.05, 0) is 36.8 Å². The van der Waals surface area contributed by atoms with Crippen molar-refractivity contribution in [1.82, 2.24) is 15.3 Å². The fourth-order valence-corrected chi connectivity index (χ4v) is 4.51. The SMILES string of the molecule is COc1cc(C(=O)NCCCc2nc3ccccc3s2)ccc1OCc1cscn1. The summed E-state index contributed by atoms with van der Waals surface area (Å²) >= 11 is 3.23. The Kier molecular flexibility index (Phi) is 6.56. The highest BCUT2D eigenvalue weighted by Gasteiger charge is 2.12. The second-order valence-corrected chi connectivity index (χ2v) is 8.40. The van der Waals surface area contributed by atoms with E-state index in [1.165, 1.54) is 16.0 Å². The highest BCUT2D eigenvalue weighted by molar-refractivity contribution is 7.18. The van der Waals surface area contributed by atoms with Crippen LogP contribution in [0, 0.1) is 0 Å². The summed E-state index contributed by atoms with van der Waals surface area (Å²) in [5.74, 6) is 0.967. The van der Waals surface area contributed by atoms with Crippen LogP contribution < -0.4 is 14.8 Å². The number of aryl methyl sites for hydroxylation is 1. The Balaban J connectivity index is 1.29. The average molecular weight is 440 g/mol. The minimum absolute atomic E-state index is 0.136. The van der Waals surface area contributed by atoms with Crippen LogP contribution in [0.1, 0.15) is 27.5 Å². The molecule has 30 heavy (non-hydrogen) atoms. The van der Waals surface area contributed by atoms with Crippen LogP contribution in [0.15, 0.2) is 53.4 Å². The van der Waals surface area contributed by atoms with E-state index < -0.39 is 0 Å². The number of para-hydroxylation sites is 1. The average Bonchev–Trinajstić information content (AvgIpc) is 3.44. The lowest BCUT2D eigenvalue weighted by molar-refractivity contribution is 0.0952. The number of nitrogens with zero attached hydrogens (tertiary/aromatic N) is 2. The first-order valence-electron chi connectivity index (χ1n) is 9.53. The normalized spacial score (nSPS) is 10.8. The van der Waals surface area contributed by atoms with Gasteiger partial charge in [-0.1, -0.05) is 12.1 Å². The van der Waals surface area contributed by atoms with Gasteiger partial charge in [-0.2, -0.15) is 0 Å². The van der Waals surface area contributed by atoms with Crippen molar-refractivity contribution in [1.29, 1.82) is 0 Å². The highest BCUT2D eigenvalue weighted by Crippen LogP contribution is 2.29. The number of thiazole rings is 2. The molecule has 0 fully saturated rings. The first-order valence-corrected chi connectivity index (χ1v) is 11.3. The van der Waals surface area contributed by atoms with E-state index in [-0.39, 0.29) is 5.91 Å². The van der Waals surface area contributed by atoms with Gasteiger partial charge in [0.15, 0.2) is 11.5 Å². The molecule has 0 aliphatic heterocycles. The third-order valence-corrected chi connectivity index (χ3v) is 6.21. The smallest absolute Gasteiger partial charge is 0.251 e. The number of hydrogen-bond donors (Lipinski definition) is 1. The minimum Gasteiger partial charge on any atom is -0.493 e. The molecule has 4 aromatic rings. The molecular weight excluding hydrogens is 418 g/mol. The zero-order chi connectivity index (χ0) is 20.8. The predicted molar refractivity (Wildman–Crippen MR) is 120 cm³/mol. The quantitative estimate of drug-likeness (QED) is 0.383. The third kappa shape index (κ3) is 4.95. The number of carbonyl (C=O) groups is 1. The van der Waals surface area contributed by atoms with Gasteiger partial charge in [-0.25, -0.2) is 9.97 Å². The minimum atomic E-state index is -0.136.